The van der Waals surface area contributed by atoms with E-state index in [4.69, 9.17) is 9.26 Å². The van der Waals surface area contributed by atoms with E-state index in [2.05, 4.69) is 32.1 Å². The molecule has 0 aliphatic carbocycles. The van der Waals surface area contributed by atoms with Crippen LogP contribution >= 0.6 is 0 Å². The van der Waals surface area contributed by atoms with Crippen molar-refractivity contribution >= 4 is 5.69 Å². The summed E-state index contributed by atoms with van der Waals surface area (Å²) in [5.74, 6) is 0.921. The maximum absolute atomic E-state index is 12.5. The standard InChI is InChI=1S/C17H24N6O3/c1-21-5-3-6-22(8-7-21)13-10-16(24)23(18-11-13)12-15-19-17(26-20-15)14-4-2-9-25-14/h10-11,14H,2-9,12H2,1H3. The molecule has 1 unspecified atom stereocenters. The quantitative estimate of drug-likeness (QED) is 0.786. The van der Waals surface area contributed by atoms with Gasteiger partial charge in [-0.1, -0.05) is 5.16 Å². The van der Waals surface area contributed by atoms with Crippen molar-refractivity contribution in [3.8, 4) is 0 Å². The molecular weight excluding hydrogens is 336 g/mol. The van der Waals surface area contributed by atoms with Crippen LogP contribution in [0.1, 0.15) is 37.1 Å². The number of ether oxygens (including phenoxy) is 1. The molecule has 26 heavy (non-hydrogen) atoms. The molecule has 140 valence electrons. The first-order valence-electron chi connectivity index (χ1n) is 9.14. The molecule has 2 aliphatic heterocycles. The second-order valence-electron chi connectivity index (χ2n) is 6.90. The first-order chi connectivity index (χ1) is 12.7. The Morgan fingerprint density at radius 1 is 1.23 bits per heavy atom. The van der Waals surface area contributed by atoms with Gasteiger partial charge >= 0.3 is 0 Å². The smallest absolute Gasteiger partial charge is 0.269 e. The lowest BCUT2D eigenvalue weighted by Gasteiger charge is -2.22. The molecule has 1 atom stereocenters. The van der Waals surface area contributed by atoms with E-state index in [0.29, 0.717) is 11.7 Å². The van der Waals surface area contributed by atoms with Crippen molar-refractivity contribution in [3.63, 3.8) is 0 Å². The Hall–Kier alpha value is -2.26. The third kappa shape index (κ3) is 3.78. The molecule has 4 heterocycles. The highest BCUT2D eigenvalue weighted by Gasteiger charge is 2.24. The maximum Gasteiger partial charge on any atom is 0.269 e. The molecule has 4 rings (SSSR count). The molecule has 9 heteroatoms. The highest BCUT2D eigenvalue weighted by atomic mass is 16.5. The van der Waals surface area contributed by atoms with Gasteiger partial charge in [-0.05, 0) is 32.9 Å². The molecule has 0 bridgehead atoms. The normalized spacial score (nSPS) is 21.9. The van der Waals surface area contributed by atoms with Crippen LogP contribution in [-0.4, -0.2) is 64.7 Å². The number of hydrogen-bond donors (Lipinski definition) is 0. The lowest BCUT2D eigenvalue weighted by Crippen LogP contribution is -2.31. The van der Waals surface area contributed by atoms with E-state index in [-0.39, 0.29) is 18.2 Å². The third-order valence-electron chi connectivity index (χ3n) is 4.92. The van der Waals surface area contributed by atoms with E-state index in [1.807, 2.05) is 0 Å². The zero-order chi connectivity index (χ0) is 17.9. The van der Waals surface area contributed by atoms with Crippen molar-refractivity contribution in [3.05, 3.63) is 34.3 Å². The number of hydrogen-bond acceptors (Lipinski definition) is 8. The van der Waals surface area contributed by atoms with Gasteiger partial charge < -0.3 is 19.1 Å². The van der Waals surface area contributed by atoms with Gasteiger partial charge in [0.05, 0.1) is 11.9 Å². The fourth-order valence-electron chi connectivity index (χ4n) is 3.39. The van der Waals surface area contributed by atoms with Crippen molar-refractivity contribution < 1.29 is 9.26 Å². The summed E-state index contributed by atoms with van der Waals surface area (Å²) in [4.78, 5) is 21.3. The van der Waals surface area contributed by atoms with Gasteiger partial charge in [-0.25, -0.2) is 4.68 Å². The molecule has 9 nitrogen and oxygen atoms in total. The highest BCUT2D eigenvalue weighted by Crippen LogP contribution is 2.26. The second-order valence-corrected chi connectivity index (χ2v) is 6.90. The zero-order valence-corrected chi connectivity index (χ0v) is 15.0. The van der Waals surface area contributed by atoms with Crippen LogP contribution in [0.4, 0.5) is 5.69 Å². The van der Waals surface area contributed by atoms with Crippen molar-refractivity contribution in [2.75, 3.05) is 44.7 Å². The van der Waals surface area contributed by atoms with Crippen LogP contribution in [0, 0.1) is 0 Å². The Kier molecular flexibility index (Phi) is 4.98. The Morgan fingerprint density at radius 2 is 2.15 bits per heavy atom. The van der Waals surface area contributed by atoms with Gasteiger partial charge in [-0.2, -0.15) is 10.1 Å². The molecule has 0 radical (unpaired) electrons. The minimum Gasteiger partial charge on any atom is -0.369 e. The first-order valence-corrected chi connectivity index (χ1v) is 9.14. The van der Waals surface area contributed by atoms with E-state index >= 15 is 0 Å². The number of likely N-dealkylation sites (N-methyl/N-ethyl adjacent to an activating group) is 1. The van der Waals surface area contributed by atoms with Gasteiger partial charge in [0.25, 0.3) is 11.4 Å². The molecule has 0 N–H and O–H groups in total. The molecule has 2 fully saturated rings. The fraction of sp³-hybridized carbons (Fsp3) is 0.647. The SMILES string of the molecule is CN1CCCN(c2cnn(Cc3noc(C4CCCO4)n3)c(=O)c2)CC1. The summed E-state index contributed by atoms with van der Waals surface area (Å²) in [6.07, 6.45) is 4.59. The molecule has 2 saturated heterocycles. The van der Waals surface area contributed by atoms with Gasteiger partial charge in [-0.3, -0.25) is 4.79 Å². The van der Waals surface area contributed by atoms with E-state index in [1.54, 1.807) is 12.3 Å². The average Bonchev–Trinajstić information content (AvgIpc) is 3.27. The fourth-order valence-corrected chi connectivity index (χ4v) is 3.39. The van der Waals surface area contributed by atoms with Gasteiger partial charge in [0.15, 0.2) is 5.82 Å². The zero-order valence-electron chi connectivity index (χ0n) is 15.0. The van der Waals surface area contributed by atoms with Crippen molar-refractivity contribution in [1.29, 1.82) is 0 Å². The van der Waals surface area contributed by atoms with Gasteiger partial charge in [-0.15, -0.1) is 0 Å². The van der Waals surface area contributed by atoms with Gasteiger partial charge in [0, 0.05) is 32.3 Å². The predicted molar refractivity (Wildman–Crippen MR) is 94.2 cm³/mol. The molecule has 2 aromatic heterocycles. The molecule has 2 aliphatic rings. The van der Waals surface area contributed by atoms with Crippen LogP contribution < -0.4 is 10.5 Å². The van der Waals surface area contributed by atoms with Crippen LogP contribution in [0.15, 0.2) is 21.6 Å². The second kappa shape index (κ2) is 7.55. The van der Waals surface area contributed by atoms with Crippen LogP contribution in [0.2, 0.25) is 0 Å². The summed E-state index contributed by atoms with van der Waals surface area (Å²) < 4.78 is 12.2. The van der Waals surface area contributed by atoms with E-state index in [0.717, 1.165) is 57.7 Å². The van der Waals surface area contributed by atoms with E-state index in [9.17, 15) is 4.79 Å². The van der Waals surface area contributed by atoms with Crippen molar-refractivity contribution in [1.82, 2.24) is 24.8 Å². The van der Waals surface area contributed by atoms with E-state index in [1.165, 1.54) is 4.68 Å². The summed E-state index contributed by atoms with van der Waals surface area (Å²) in [5, 5.41) is 8.25. The topological polar surface area (TPSA) is 89.5 Å². The lowest BCUT2D eigenvalue weighted by molar-refractivity contribution is 0.0835. The van der Waals surface area contributed by atoms with Crippen LogP contribution in [-0.2, 0) is 11.3 Å². The first kappa shape index (κ1) is 17.2. The highest BCUT2D eigenvalue weighted by molar-refractivity contribution is 5.43. The minimum absolute atomic E-state index is 0.121. The van der Waals surface area contributed by atoms with Crippen molar-refractivity contribution in [2.45, 2.75) is 31.9 Å². The maximum atomic E-state index is 12.5. The summed E-state index contributed by atoms with van der Waals surface area (Å²) in [7, 11) is 2.12. The molecular formula is C17H24N6O3. The summed E-state index contributed by atoms with van der Waals surface area (Å²) in [5.41, 5.74) is 0.707. The van der Waals surface area contributed by atoms with Gasteiger partial charge in [0.2, 0.25) is 0 Å². The summed E-state index contributed by atoms with van der Waals surface area (Å²) in [6, 6.07) is 1.64. The Morgan fingerprint density at radius 3 is 2.96 bits per heavy atom. The number of aromatic nitrogens is 4. The molecule has 2 aromatic rings. The molecule has 0 aromatic carbocycles. The third-order valence-corrected chi connectivity index (χ3v) is 4.92. The van der Waals surface area contributed by atoms with Crippen LogP contribution in [0.5, 0.6) is 0 Å². The number of nitrogens with zero attached hydrogens (tertiary/aromatic N) is 6. The van der Waals surface area contributed by atoms with Crippen LogP contribution in [0.3, 0.4) is 0 Å². The van der Waals surface area contributed by atoms with Crippen LogP contribution in [0.25, 0.3) is 0 Å². The largest absolute Gasteiger partial charge is 0.369 e. The predicted octanol–water partition coefficient (Wildman–Crippen LogP) is 0.668. The number of anilines is 1. The Balaban J connectivity index is 1.45. The van der Waals surface area contributed by atoms with Crippen molar-refractivity contribution in [2.24, 2.45) is 0 Å². The Bertz CT molecular complexity index is 798. The molecule has 0 saturated carbocycles. The summed E-state index contributed by atoms with van der Waals surface area (Å²) >= 11 is 0. The monoisotopic (exact) mass is 360 g/mol. The number of rotatable bonds is 4. The molecule has 0 amide bonds. The van der Waals surface area contributed by atoms with E-state index < -0.39 is 0 Å². The lowest BCUT2D eigenvalue weighted by atomic mass is 10.2. The summed E-state index contributed by atoms with van der Waals surface area (Å²) in [6.45, 7) is 4.81. The minimum atomic E-state index is -0.163. The Labute approximate surface area is 151 Å². The van der Waals surface area contributed by atoms with Gasteiger partial charge in [0.1, 0.15) is 12.6 Å². The molecule has 0 spiro atoms. The average molecular weight is 360 g/mol.